The summed E-state index contributed by atoms with van der Waals surface area (Å²) < 4.78 is 11.5. The summed E-state index contributed by atoms with van der Waals surface area (Å²) in [7, 11) is 0. The maximum atomic E-state index is 12.2. The molecule has 1 aromatic heterocycles. The van der Waals surface area contributed by atoms with Gasteiger partial charge in [-0.15, -0.1) is 11.3 Å². The highest BCUT2D eigenvalue weighted by Gasteiger charge is 2.30. The summed E-state index contributed by atoms with van der Waals surface area (Å²) >= 11 is 1.03. The number of carboxylic acids is 1. The Morgan fingerprint density at radius 2 is 1.70 bits per heavy atom. The number of thiophene rings is 1. The van der Waals surface area contributed by atoms with Gasteiger partial charge in [-0.3, -0.25) is 15.4 Å². The summed E-state index contributed by atoms with van der Waals surface area (Å²) in [6.07, 6.45) is -0.646. The Morgan fingerprint density at radius 1 is 1.00 bits per heavy atom. The minimum atomic E-state index is -1.22. The first-order valence-corrected chi connectivity index (χ1v) is 9.81. The number of hydrogen-bond acceptors (Lipinski definition) is 6. The molecule has 0 radical (unpaired) electrons. The average Bonchev–Trinajstić information content (AvgIpc) is 3.17. The number of carboxylic acid groups (broad SMARTS) is 1. The molecule has 3 amide bonds. The molecule has 3 N–H and O–H groups in total. The van der Waals surface area contributed by atoms with Gasteiger partial charge in [0.2, 0.25) is 0 Å². The van der Waals surface area contributed by atoms with E-state index < -0.39 is 24.0 Å². The van der Waals surface area contributed by atoms with Gasteiger partial charge in [-0.2, -0.15) is 0 Å². The van der Waals surface area contributed by atoms with Gasteiger partial charge in [0.15, 0.2) is 17.6 Å². The Balaban J connectivity index is 1.51. The minimum absolute atomic E-state index is 0.0957. The lowest BCUT2D eigenvalue weighted by Gasteiger charge is -2.26. The topological polar surface area (TPSA) is 114 Å². The van der Waals surface area contributed by atoms with E-state index >= 15 is 0 Å². The van der Waals surface area contributed by atoms with Crippen molar-refractivity contribution < 1.29 is 29.0 Å². The van der Waals surface area contributed by atoms with E-state index in [2.05, 4.69) is 10.6 Å². The molecule has 2 heterocycles. The molecular formula is C21H16N2O6S. The van der Waals surface area contributed by atoms with Gasteiger partial charge in [-0.25, -0.2) is 9.59 Å². The first-order chi connectivity index (χ1) is 14.5. The van der Waals surface area contributed by atoms with E-state index in [0.717, 1.165) is 11.3 Å². The van der Waals surface area contributed by atoms with Crippen molar-refractivity contribution in [3.63, 3.8) is 0 Å². The van der Waals surface area contributed by atoms with E-state index in [4.69, 9.17) is 9.47 Å². The molecule has 8 nitrogen and oxygen atoms in total. The molecule has 1 aliphatic rings. The van der Waals surface area contributed by atoms with Gasteiger partial charge in [-0.05, 0) is 24.3 Å². The van der Waals surface area contributed by atoms with Gasteiger partial charge in [-0.1, -0.05) is 30.3 Å². The number of ether oxygens (including phenoxy) is 2. The van der Waals surface area contributed by atoms with Gasteiger partial charge in [0, 0.05) is 16.5 Å². The number of rotatable bonds is 4. The van der Waals surface area contributed by atoms with Crippen molar-refractivity contribution >= 4 is 34.2 Å². The second-order valence-electron chi connectivity index (χ2n) is 6.34. The molecule has 30 heavy (non-hydrogen) atoms. The number of anilines is 1. The first-order valence-electron chi connectivity index (χ1n) is 8.93. The molecular weight excluding hydrogens is 408 g/mol. The molecule has 1 aliphatic heterocycles. The van der Waals surface area contributed by atoms with Crippen LogP contribution in [0.5, 0.6) is 11.5 Å². The van der Waals surface area contributed by atoms with Crippen molar-refractivity contribution in [1.82, 2.24) is 5.32 Å². The lowest BCUT2D eigenvalue weighted by molar-refractivity contribution is 0.0676. The number of fused-ring (bicyclic) bond motifs is 1. The van der Waals surface area contributed by atoms with Gasteiger partial charge >= 0.3 is 12.0 Å². The Kier molecular flexibility index (Phi) is 5.36. The number of aromatic carboxylic acids is 1. The first kappa shape index (κ1) is 19.5. The quantitative estimate of drug-likeness (QED) is 0.585. The summed E-state index contributed by atoms with van der Waals surface area (Å²) in [6.45, 7) is 0.131. The molecule has 0 saturated heterocycles. The molecule has 0 saturated carbocycles. The maximum Gasteiger partial charge on any atom is 0.339 e. The van der Waals surface area contributed by atoms with Crippen molar-refractivity contribution in [2.24, 2.45) is 0 Å². The number of carbonyl (C=O) groups is 3. The van der Waals surface area contributed by atoms with E-state index in [-0.39, 0.29) is 17.2 Å². The largest absolute Gasteiger partial charge is 0.485 e. The molecule has 3 aromatic rings. The van der Waals surface area contributed by atoms with Crippen molar-refractivity contribution in [2.45, 2.75) is 6.10 Å². The fourth-order valence-corrected chi connectivity index (χ4v) is 3.98. The van der Waals surface area contributed by atoms with Crippen molar-refractivity contribution in [3.8, 4) is 11.5 Å². The second-order valence-corrected chi connectivity index (χ2v) is 7.22. The number of benzene rings is 2. The third-order valence-corrected chi connectivity index (χ3v) is 5.29. The number of imide groups is 1. The summed E-state index contributed by atoms with van der Waals surface area (Å²) in [6, 6.07) is 14.5. The Morgan fingerprint density at radius 3 is 2.43 bits per heavy atom. The monoisotopic (exact) mass is 424 g/mol. The highest BCUT2D eigenvalue weighted by Crippen LogP contribution is 2.40. The molecule has 4 rings (SSSR count). The number of carbonyl (C=O) groups excluding carboxylic acids is 2. The maximum absolute atomic E-state index is 12.2. The molecule has 0 fully saturated rings. The highest BCUT2D eigenvalue weighted by atomic mass is 32.1. The molecule has 9 heteroatoms. The van der Waals surface area contributed by atoms with Crippen molar-refractivity contribution in [3.05, 3.63) is 76.7 Å². The van der Waals surface area contributed by atoms with Crippen LogP contribution in [0.3, 0.4) is 0 Å². The van der Waals surface area contributed by atoms with E-state index in [1.54, 1.807) is 53.9 Å². The van der Waals surface area contributed by atoms with Crippen LogP contribution in [0.1, 0.15) is 32.4 Å². The van der Waals surface area contributed by atoms with Crippen LogP contribution in [-0.4, -0.2) is 29.6 Å². The van der Waals surface area contributed by atoms with Crippen molar-refractivity contribution in [1.29, 1.82) is 0 Å². The van der Waals surface area contributed by atoms with Crippen LogP contribution >= 0.6 is 11.3 Å². The zero-order valence-electron chi connectivity index (χ0n) is 15.5. The summed E-state index contributed by atoms with van der Waals surface area (Å²) in [5.74, 6) is -0.726. The third-order valence-electron chi connectivity index (χ3n) is 4.38. The molecule has 0 spiro atoms. The highest BCUT2D eigenvalue weighted by molar-refractivity contribution is 7.15. The molecule has 2 aromatic carbocycles. The minimum Gasteiger partial charge on any atom is -0.485 e. The molecule has 1 atom stereocenters. The molecule has 152 valence electrons. The zero-order valence-corrected chi connectivity index (χ0v) is 16.3. The predicted octanol–water partition coefficient (Wildman–Crippen LogP) is 3.92. The Bertz CT molecular complexity index is 1110. The predicted molar refractivity (Wildman–Crippen MR) is 110 cm³/mol. The SMILES string of the molecule is O=C(NC(=O)c1ccccc1)Nc1scc(C2COc3ccccc3O2)c1C(=O)O. The Labute approximate surface area is 175 Å². The summed E-state index contributed by atoms with van der Waals surface area (Å²) in [5, 5.41) is 16.0. The fourth-order valence-electron chi connectivity index (χ4n) is 2.99. The van der Waals surface area contributed by atoms with Crippen LogP contribution < -0.4 is 20.1 Å². The van der Waals surface area contributed by atoms with E-state index in [1.807, 2.05) is 6.07 Å². The van der Waals surface area contributed by atoms with Crippen molar-refractivity contribution in [2.75, 3.05) is 11.9 Å². The van der Waals surface area contributed by atoms with E-state index in [0.29, 0.717) is 22.6 Å². The molecule has 0 bridgehead atoms. The average molecular weight is 424 g/mol. The van der Waals surface area contributed by atoms with Crippen LogP contribution in [0.25, 0.3) is 0 Å². The van der Waals surface area contributed by atoms with Crippen LogP contribution in [0, 0.1) is 0 Å². The van der Waals surface area contributed by atoms with Gasteiger partial charge in [0.05, 0.1) is 0 Å². The van der Waals surface area contributed by atoms with Gasteiger partial charge in [0.25, 0.3) is 5.91 Å². The number of para-hydroxylation sites is 2. The lowest BCUT2D eigenvalue weighted by Crippen LogP contribution is -2.34. The number of amides is 3. The normalized spacial score (nSPS) is 14.6. The zero-order chi connectivity index (χ0) is 21.1. The van der Waals surface area contributed by atoms with Gasteiger partial charge < -0.3 is 14.6 Å². The number of urea groups is 1. The molecule has 0 aliphatic carbocycles. The summed E-state index contributed by atoms with van der Waals surface area (Å²) in [5.41, 5.74) is 0.589. The summed E-state index contributed by atoms with van der Waals surface area (Å²) in [4.78, 5) is 36.2. The second kappa shape index (κ2) is 8.26. The van der Waals surface area contributed by atoms with Crippen LogP contribution in [0.4, 0.5) is 9.80 Å². The van der Waals surface area contributed by atoms with Crippen LogP contribution in [-0.2, 0) is 0 Å². The molecule has 1 unspecified atom stereocenters. The Hall–Kier alpha value is -3.85. The third kappa shape index (κ3) is 3.96. The van der Waals surface area contributed by atoms with Gasteiger partial charge in [0.1, 0.15) is 17.2 Å². The fraction of sp³-hybridized carbons (Fsp3) is 0.0952. The number of hydrogen-bond donors (Lipinski definition) is 3. The van der Waals surface area contributed by atoms with Crippen LogP contribution in [0.2, 0.25) is 0 Å². The van der Waals surface area contributed by atoms with Crippen LogP contribution in [0.15, 0.2) is 60.0 Å². The smallest absolute Gasteiger partial charge is 0.339 e. The standard InChI is InChI=1S/C21H16N2O6S/c24-18(12-6-2-1-3-7-12)22-21(27)23-19-17(20(25)26)13(11-30-19)16-10-28-14-8-4-5-9-15(14)29-16/h1-9,11,16H,10H2,(H,25,26)(H2,22,23,24,27). The van der Waals surface area contributed by atoms with E-state index in [9.17, 15) is 19.5 Å². The van der Waals surface area contributed by atoms with E-state index in [1.165, 1.54) is 0 Å². The lowest BCUT2D eigenvalue weighted by atomic mass is 10.1. The number of nitrogens with one attached hydrogen (secondary N) is 2.